The number of rotatable bonds is 6. The zero-order valence-corrected chi connectivity index (χ0v) is 14.8. The molecule has 4 rings (SSSR count). The van der Waals surface area contributed by atoms with E-state index in [1.54, 1.807) is 17.5 Å². The van der Waals surface area contributed by atoms with Gasteiger partial charge >= 0.3 is 0 Å². The Morgan fingerprint density at radius 1 is 1.20 bits per heavy atom. The van der Waals surface area contributed by atoms with Gasteiger partial charge in [0.15, 0.2) is 0 Å². The largest absolute Gasteiger partial charge is 0.376 e. The Bertz CT molecular complexity index is 774. The molecule has 0 fully saturated rings. The van der Waals surface area contributed by atoms with Gasteiger partial charge in [-0.3, -0.25) is 9.88 Å². The van der Waals surface area contributed by atoms with Gasteiger partial charge < -0.3 is 9.30 Å². The molecular weight excluding hydrogens is 334 g/mol. The summed E-state index contributed by atoms with van der Waals surface area (Å²) in [5, 5.41) is 3.18. The maximum absolute atomic E-state index is 5.98. The number of hydrogen-bond acceptors (Lipinski definition) is 6. The molecule has 7 heteroatoms. The van der Waals surface area contributed by atoms with Crippen molar-refractivity contribution in [2.75, 3.05) is 13.2 Å². The molecule has 0 amide bonds. The molecule has 0 bridgehead atoms. The summed E-state index contributed by atoms with van der Waals surface area (Å²) in [6.45, 7) is 4.97. The molecule has 0 unspecified atom stereocenters. The van der Waals surface area contributed by atoms with Gasteiger partial charge in [-0.15, -0.1) is 11.3 Å². The number of nitrogens with zero attached hydrogens (tertiary/aromatic N) is 5. The van der Waals surface area contributed by atoms with Crippen LogP contribution in [0.1, 0.15) is 16.4 Å². The van der Waals surface area contributed by atoms with Crippen LogP contribution in [-0.2, 0) is 31.0 Å². The first kappa shape index (κ1) is 16.4. The fourth-order valence-corrected chi connectivity index (χ4v) is 3.86. The molecule has 0 saturated carbocycles. The predicted octanol–water partition coefficient (Wildman–Crippen LogP) is 2.58. The summed E-state index contributed by atoms with van der Waals surface area (Å²) >= 11 is 1.70. The molecule has 3 aromatic rings. The molecule has 1 aliphatic heterocycles. The molecule has 1 aliphatic rings. The smallest absolute Gasteiger partial charge is 0.122 e. The average molecular weight is 355 g/mol. The lowest BCUT2D eigenvalue weighted by molar-refractivity contribution is 0.0664. The molecule has 0 N–H and O–H groups in total. The molecule has 0 aliphatic carbocycles. The molecule has 1 atom stereocenters. The zero-order chi connectivity index (χ0) is 16.9. The number of imidazole rings is 1. The van der Waals surface area contributed by atoms with Gasteiger partial charge in [-0.25, -0.2) is 9.97 Å². The summed E-state index contributed by atoms with van der Waals surface area (Å²) in [5.74, 6) is 1.54. The minimum atomic E-state index is 0.423. The molecule has 130 valence electrons. The number of pyridine rings is 1. The van der Waals surface area contributed by atoms with Gasteiger partial charge in [0.2, 0.25) is 0 Å². The number of aromatic nitrogens is 4. The van der Waals surface area contributed by atoms with Crippen LogP contribution in [0.4, 0.5) is 0 Å². The van der Waals surface area contributed by atoms with Crippen LogP contribution >= 0.6 is 11.3 Å². The summed E-state index contributed by atoms with van der Waals surface area (Å²) in [4.78, 5) is 15.5. The summed E-state index contributed by atoms with van der Waals surface area (Å²) < 4.78 is 8.23. The van der Waals surface area contributed by atoms with Crippen LogP contribution in [0.15, 0.2) is 48.5 Å². The summed E-state index contributed by atoms with van der Waals surface area (Å²) in [5.41, 5.74) is 1.11. The maximum atomic E-state index is 5.98. The van der Waals surface area contributed by atoms with Gasteiger partial charge in [0.1, 0.15) is 10.8 Å². The number of thiazole rings is 1. The second-order valence-electron chi connectivity index (χ2n) is 6.33. The summed E-state index contributed by atoms with van der Waals surface area (Å²) in [6.07, 6.45) is 9.46. The van der Waals surface area contributed by atoms with E-state index in [1.165, 1.54) is 0 Å². The first-order chi connectivity index (χ1) is 12.4. The van der Waals surface area contributed by atoms with Crippen LogP contribution in [0.25, 0.3) is 0 Å². The van der Waals surface area contributed by atoms with E-state index < -0.39 is 0 Å². The van der Waals surface area contributed by atoms with E-state index in [-0.39, 0.29) is 0 Å². The van der Waals surface area contributed by atoms with Gasteiger partial charge in [0.25, 0.3) is 0 Å². The van der Waals surface area contributed by atoms with Crippen molar-refractivity contribution in [3.8, 4) is 0 Å². The Hall–Kier alpha value is -2.09. The third kappa shape index (κ3) is 4.31. The van der Waals surface area contributed by atoms with Gasteiger partial charge in [0, 0.05) is 55.4 Å². The Balaban J connectivity index is 1.40. The number of ether oxygens (including phenoxy) is 1. The highest BCUT2D eigenvalue weighted by molar-refractivity contribution is 7.09. The van der Waals surface area contributed by atoms with Crippen molar-refractivity contribution >= 4 is 11.3 Å². The molecule has 6 nitrogen and oxygen atoms in total. The van der Waals surface area contributed by atoms with Crippen molar-refractivity contribution in [1.82, 2.24) is 24.4 Å². The normalized spacial score (nSPS) is 18.0. The van der Waals surface area contributed by atoms with Crippen LogP contribution in [-0.4, -0.2) is 37.6 Å². The van der Waals surface area contributed by atoms with E-state index >= 15 is 0 Å². The number of fused-ring (bicyclic) bond motifs is 1. The molecule has 0 spiro atoms. The van der Waals surface area contributed by atoms with Gasteiger partial charge in [0.05, 0.1) is 26.3 Å². The maximum Gasteiger partial charge on any atom is 0.122 e. The fourth-order valence-electron chi connectivity index (χ4n) is 3.20. The second-order valence-corrected chi connectivity index (χ2v) is 7.31. The highest BCUT2D eigenvalue weighted by Gasteiger charge is 2.23. The first-order valence-electron chi connectivity index (χ1n) is 8.44. The lowest BCUT2D eigenvalue weighted by Crippen LogP contribution is -2.30. The van der Waals surface area contributed by atoms with Crippen molar-refractivity contribution in [1.29, 1.82) is 0 Å². The van der Waals surface area contributed by atoms with Crippen molar-refractivity contribution in [2.24, 2.45) is 5.92 Å². The Morgan fingerprint density at radius 2 is 2.20 bits per heavy atom. The second kappa shape index (κ2) is 7.86. The van der Waals surface area contributed by atoms with E-state index in [4.69, 9.17) is 4.74 Å². The molecule has 4 heterocycles. The van der Waals surface area contributed by atoms with E-state index in [2.05, 4.69) is 30.6 Å². The topological polar surface area (TPSA) is 56.1 Å². The minimum Gasteiger partial charge on any atom is -0.376 e. The quantitative estimate of drug-likeness (QED) is 0.680. The van der Waals surface area contributed by atoms with E-state index in [0.717, 1.165) is 49.2 Å². The molecular formula is C18H21N5OS. The SMILES string of the molecule is c1cncc(COC[C@@H]2CN(Cc3nccs3)Cc3nccn3C2)c1. The van der Waals surface area contributed by atoms with Crippen LogP contribution in [0.3, 0.4) is 0 Å². The monoisotopic (exact) mass is 355 g/mol. The lowest BCUT2D eigenvalue weighted by atomic mass is 10.1. The Kier molecular flexibility index (Phi) is 5.15. The van der Waals surface area contributed by atoms with E-state index in [1.807, 2.05) is 36.1 Å². The minimum absolute atomic E-state index is 0.423. The standard InChI is InChI=1S/C18H21N5OS/c1-2-15(8-19-3-1)13-24-14-16-9-22(12-18-21-5-7-25-18)11-17-20-4-6-23(17)10-16/h1-8,16H,9-14H2/t16-/m1/s1. The lowest BCUT2D eigenvalue weighted by Gasteiger charge is -2.22. The number of hydrogen-bond donors (Lipinski definition) is 0. The van der Waals surface area contributed by atoms with Crippen molar-refractivity contribution in [3.05, 3.63) is 64.9 Å². The third-order valence-electron chi connectivity index (χ3n) is 4.33. The Labute approximate surface area is 151 Å². The van der Waals surface area contributed by atoms with Gasteiger partial charge in [-0.2, -0.15) is 0 Å². The van der Waals surface area contributed by atoms with Crippen LogP contribution < -0.4 is 0 Å². The molecule has 0 aromatic carbocycles. The zero-order valence-electron chi connectivity index (χ0n) is 14.0. The fraction of sp³-hybridized carbons (Fsp3) is 0.389. The molecule has 0 radical (unpaired) electrons. The first-order valence-corrected chi connectivity index (χ1v) is 9.32. The van der Waals surface area contributed by atoms with Crippen molar-refractivity contribution in [2.45, 2.75) is 26.2 Å². The molecule has 0 saturated heterocycles. The van der Waals surface area contributed by atoms with Crippen molar-refractivity contribution < 1.29 is 4.74 Å². The van der Waals surface area contributed by atoms with E-state index in [0.29, 0.717) is 12.5 Å². The van der Waals surface area contributed by atoms with E-state index in [9.17, 15) is 0 Å². The summed E-state index contributed by atoms with van der Waals surface area (Å²) in [6, 6.07) is 3.99. The van der Waals surface area contributed by atoms with Gasteiger partial charge in [-0.1, -0.05) is 6.07 Å². The predicted molar refractivity (Wildman–Crippen MR) is 95.8 cm³/mol. The van der Waals surface area contributed by atoms with Crippen LogP contribution in [0, 0.1) is 5.92 Å². The summed E-state index contributed by atoms with van der Waals surface area (Å²) in [7, 11) is 0. The molecule has 25 heavy (non-hydrogen) atoms. The highest BCUT2D eigenvalue weighted by atomic mass is 32.1. The average Bonchev–Trinajstić information content (AvgIpc) is 3.25. The van der Waals surface area contributed by atoms with Gasteiger partial charge in [-0.05, 0) is 11.6 Å². The van der Waals surface area contributed by atoms with Crippen molar-refractivity contribution in [3.63, 3.8) is 0 Å². The highest BCUT2D eigenvalue weighted by Crippen LogP contribution is 2.19. The van der Waals surface area contributed by atoms with Crippen LogP contribution in [0.2, 0.25) is 0 Å². The third-order valence-corrected chi connectivity index (χ3v) is 5.09. The molecule has 3 aromatic heterocycles. The Morgan fingerprint density at radius 3 is 3.04 bits per heavy atom. The van der Waals surface area contributed by atoms with Crippen LogP contribution in [0.5, 0.6) is 0 Å².